The second kappa shape index (κ2) is 6.94. The Morgan fingerprint density at radius 2 is 1.67 bits per heavy atom. The maximum Gasteiger partial charge on any atom is 0.410 e. The number of aromatic carboxylic acids is 1. The lowest BCUT2D eigenvalue weighted by molar-refractivity contribution is 0.0141. The smallest absolute Gasteiger partial charge is 0.410 e. The van der Waals surface area contributed by atoms with Crippen LogP contribution in [-0.4, -0.2) is 64.7 Å². The quantitative estimate of drug-likeness (QED) is 0.868. The lowest BCUT2D eigenvalue weighted by Gasteiger charge is -2.35. The highest BCUT2D eigenvalue weighted by Crippen LogP contribution is 2.22. The van der Waals surface area contributed by atoms with Gasteiger partial charge in [0.25, 0.3) is 5.91 Å². The van der Waals surface area contributed by atoms with E-state index < -0.39 is 11.6 Å². The first kappa shape index (κ1) is 18.8. The Morgan fingerprint density at radius 1 is 1.04 bits per heavy atom. The first-order valence-electron chi connectivity index (χ1n) is 8.68. The van der Waals surface area contributed by atoms with E-state index in [1.54, 1.807) is 28.0 Å². The molecule has 0 atom stereocenters. The van der Waals surface area contributed by atoms with Crippen LogP contribution in [0.15, 0.2) is 28.7 Å². The summed E-state index contributed by atoms with van der Waals surface area (Å²) < 4.78 is 10.6. The number of carbonyl (C=O) groups is 3. The largest absolute Gasteiger partial charge is 0.475 e. The molecular weight excluding hydrogens is 352 g/mol. The minimum absolute atomic E-state index is 0.166. The number of carboxylic acids is 1. The normalized spacial score (nSPS) is 15.1. The molecule has 3 rings (SSSR count). The van der Waals surface area contributed by atoms with Crippen molar-refractivity contribution in [3.05, 3.63) is 35.6 Å². The standard InChI is InChI=1S/C19H22N2O6/c1-19(2,3)27-18(25)21-8-6-20(7-9-21)16(22)12-4-5-14-13(10-12)11-15(26-14)17(23)24/h4-5,10-11H,6-9H2,1-3H3,(H,23,24). The number of piperazine rings is 1. The maximum absolute atomic E-state index is 12.7. The van der Waals surface area contributed by atoms with Crippen molar-refractivity contribution in [2.24, 2.45) is 0 Å². The average Bonchev–Trinajstić information content (AvgIpc) is 3.03. The molecule has 0 spiro atoms. The van der Waals surface area contributed by atoms with Crippen LogP contribution < -0.4 is 0 Å². The third kappa shape index (κ3) is 4.21. The minimum atomic E-state index is -1.16. The van der Waals surface area contributed by atoms with Crippen molar-refractivity contribution in [3.8, 4) is 0 Å². The van der Waals surface area contributed by atoms with Gasteiger partial charge in [-0.1, -0.05) is 0 Å². The van der Waals surface area contributed by atoms with Crippen LogP contribution in [0.25, 0.3) is 11.0 Å². The number of amides is 2. The molecule has 1 N–H and O–H groups in total. The molecular formula is C19H22N2O6. The molecule has 2 heterocycles. The number of hydrogen-bond donors (Lipinski definition) is 1. The van der Waals surface area contributed by atoms with Crippen LogP contribution in [0, 0.1) is 0 Å². The van der Waals surface area contributed by atoms with Crippen LogP contribution in [0.1, 0.15) is 41.7 Å². The van der Waals surface area contributed by atoms with E-state index in [1.807, 2.05) is 20.8 Å². The van der Waals surface area contributed by atoms with Crippen LogP contribution in [0.5, 0.6) is 0 Å². The van der Waals surface area contributed by atoms with E-state index in [0.717, 1.165) is 0 Å². The van der Waals surface area contributed by atoms with Gasteiger partial charge in [-0.05, 0) is 45.0 Å². The number of nitrogens with zero attached hydrogens (tertiary/aromatic N) is 2. The fourth-order valence-electron chi connectivity index (χ4n) is 2.88. The van der Waals surface area contributed by atoms with Gasteiger partial charge in [-0.2, -0.15) is 0 Å². The molecule has 1 aromatic heterocycles. The van der Waals surface area contributed by atoms with Crippen LogP contribution in [0.2, 0.25) is 0 Å². The van der Waals surface area contributed by atoms with Crippen LogP contribution >= 0.6 is 0 Å². The van der Waals surface area contributed by atoms with Gasteiger partial charge in [0, 0.05) is 37.1 Å². The number of hydrogen-bond acceptors (Lipinski definition) is 5. The summed E-state index contributed by atoms with van der Waals surface area (Å²) in [7, 11) is 0. The SMILES string of the molecule is CC(C)(C)OC(=O)N1CCN(C(=O)c2ccc3oc(C(=O)O)cc3c2)CC1. The number of ether oxygens (including phenoxy) is 1. The van der Waals surface area contributed by atoms with Crippen molar-refractivity contribution in [2.45, 2.75) is 26.4 Å². The lowest BCUT2D eigenvalue weighted by atomic mass is 10.1. The third-order valence-corrected chi connectivity index (χ3v) is 4.19. The van der Waals surface area contributed by atoms with Crippen molar-refractivity contribution in [3.63, 3.8) is 0 Å². The Bertz CT molecular complexity index is 887. The molecule has 8 heteroatoms. The number of rotatable bonds is 2. The summed E-state index contributed by atoms with van der Waals surface area (Å²) in [6, 6.07) is 6.22. The van der Waals surface area contributed by atoms with Crippen LogP contribution in [0.3, 0.4) is 0 Å². The van der Waals surface area contributed by atoms with Gasteiger partial charge < -0.3 is 24.1 Å². The number of fused-ring (bicyclic) bond motifs is 1. The second-order valence-electron chi connectivity index (χ2n) is 7.43. The van der Waals surface area contributed by atoms with E-state index in [2.05, 4.69) is 0 Å². The molecule has 144 valence electrons. The Balaban J connectivity index is 1.66. The van der Waals surface area contributed by atoms with E-state index in [4.69, 9.17) is 14.3 Å². The molecule has 1 saturated heterocycles. The Hall–Kier alpha value is -3.03. The second-order valence-corrected chi connectivity index (χ2v) is 7.43. The van der Waals surface area contributed by atoms with E-state index in [9.17, 15) is 14.4 Å². The highest BCUT2D eigenvalue weighted by atomic mass is 16.6. The summed E-state index contributed by atoms with van der Waals surface area (Å²) in [5.74, 6) is -1.49. The van der Waals surface area contributed by atoms with Crippen LogP contribution in [-0.2, 0) is 4.74 Å². The summed E-state index contributed by atoms with van der Waals surface area (Å²) in [6.45, 7) is 7.05. The van der Waals surface area contributed by atoms with Gasteiger partial charge in [-0.15, -0.1) is 0 Å². The zero-order valence-corrected chi connectivity index (χ0v) is 15.5. The van der Waals surface area contributed by atoms with Crippen molar-refractivity contribution in [1.82, 2.24) is 9.80 Å². The fourth-order valence-corrected chi connectivity index (χ4v) is 2.88. The maximum atomic E-state index is 12.7. The topological polar surface area (TPSA) is 100 Å². The van der Waals surface area contributed by atoms with Gasteiger partial charge in [-0.25, -0.2) is 9.59 Å². The zero-order chi connectivity index (χ0) is 19.8. The molecule has 0 radical (unpaired) electrons. The number of benzene rings is 1. The first-order chi connectivity index (χ1) is 12.6. The predicted molar refractivity (Wildman–Crippen MR) is 96.9 cm³/mol. The van der Waals surface area contributed by atoms with Gasteiger partial charge in [0.2, 0.25) is 5.76 Å². The number of carboxylic acid groups (broad SMARTS) is 1. The Morgan fingerprint density at radius 3 is 2.26 bits per heavy atom. The van der Waals surface area contributed by atoms with Gasteiger partial charge in [0.15, 0.2) is 0 Å². The van der Waals surface area contributed by atoms with Gasteiger partial charge >= 0.3 is 12.1 Å². The van der Waals surface area contributed by atoms with Gasteiger partial charge in [-0.3, -0.25) is 4.79 Å². The lowest BCUT2D eigenvalue weighted by Crippen LogP contribution is -2.51. The molecule has 0 bridgehead atoms. The highest BCUT2D eigenvalue weighted by molar-refractivity contribution is 5.99. The summed E-state index contributed by atoms with van der Waals surface area (Å²) in [5.41, 5.74) is 0.309. The molecule has 1 aromatic carbocycles. The third-order valence-electron chi connectivity index (χ3n) is 4.19. The summed E-state index contributed by atoms with van der Waals surface area (Å²) in [4.78, 5) is 39.1. The molecule has 1 aliphatic rings. The van der Waals surface area contributed by atoms with E-state index >= 15 is 0 Å². The van der Waals surface area contributed by atoms with Crippen LogP contribution in [0.4, 0.5) is 4.79 Å². The Labute approximate surface area is 156 Å². The molecule has 0 saturated carbocycles. The van der Waals surface area contributed by atoms with Gasteiger partial charge in [0.05, 0.1) is 0 Å². The minimum Gasteiger partial charge on any atom is -0.475 e. The summed E-state index contributed by atoms with van der Waals surface area (Å²) in [5, 5.41) is 9.56. The van der Waals surface area contributed by atoms with Gasteiger partial charge in [0.1, 0.15) is 11.2 Å². The van der Waals surface area contributed by atoms with Crippen molar-refractivity contribution >= 4 is 28.9 Å². The Kier molecular flexibility index (Phi) is 4.82. The molecule has 1 aliphatic heterocycles. The zero-order valence-electron chi connectivity index (χ0n) is 15.5. The number of furan rings is 1. The van der Waals surface area contributed by atoms with Crippen molar-refractivity contribution < 1.29 is 28.6 Å². The highest BCUT2D eigenvalue weighted by Gasteiger charge is 2.28. The molecule has 2 amide bonds. The van der Waals surface area contributed by atoms with Crippen molar-refractivity contribution in [1.29, 1.82) is 0 Å². The molecule has 2 aromatic rings. The predicted octanol–water partition coefficient (Wildman–Crippen LogP) is 2.82. The fraction of sp³-hybridized carbons (Fsp3) is 0.421. The first-order valence-corrected chi connectivity index (χ1v) is 8.68. The molecule has 0 aliphatic carbocycles. The van der Waals surface area contributed by atoms with E-state index in [0.29, 0.717) is 42.7 Å². The monoisotopic (exact) mass is 374 g/mol. The average molecular weight is 374 g/mol. The summed E-state index contributed by atoms with van der Waals surface area (Å²) >= 11 is 0. The molecule has 8 nitrogen and oxygen atoms in total. The molecule has 1 fully saturated rings. The van der Waals surface area contributed by atoms with E-state index in [1.165, 1.54) is 6.07 Å². The van der Waals surface area contributed by atoms with E-state index in [-0.39, 0.29) is 17.8 Å². The molecule has 0 unspecified atom stereocenters. The summed E-state index contributed by atoms with van der Waals surface area (Å²) in [6.07, 6.45) is -0.379. The molecule has 27 heavy (non-hydrogen) atoms. The van der Waals surface area contributed by atoms with Crippen molar-refractivity contribution in [2.75, 3.05) is 26.2 Å². The number of carbonyl (C=O) groups excluding carboxylic acids is 2.